The summed E-state index contributed by atoms with van der Waals surface area (Å²) in [6.45, 7) is 1.07. The Bertz CT molecular complexity index is 490. The van der Waals surface area contributed by atoms with Gasteiger partial charge in [-0.15, -0.1) is 0 Å². The monoisotopic (exact) mass is 233 g/mol. The van der Waals surface area contributed by atoms with Gasteiger partial charge >= 0.3 is 0 Å². The second-order valence-corrected chi connectivity index (χ2v) is 3.60. The Hall–Kier alpha value is -2.01. The lowest BCUT2D eigenvalue weighted by molar-refractivity contribution is 0.431. The smallest absolute Gasteiger partial charge is 0.165 e. The average molecular weight is 233 g/mol. The van der Waals surface area contributed by atoms with Gasteiger partial charge in [0.15, 0.2) is 11.6 Å². The second-order valence-electron chi connectivity index (χ2n) is 3.60. The zero-order chi connectivity index (χ0) is 12.1. The number of nitrogens with one attached hydrogen (secondary N) is 1. The van der Waals surface area contributed by atoms with E-state index >= 15 is 0 Å². The lowest BCUT2D eigenvalue weighted by Gasteiger charge is -2.04. The Labute approximate surface area is 98.1 Å². The standard InChI is InChI=1S/C12H12FN3O/c13-11-6-9(3-4-12(11)17)7-14-8-10-2-1-5-15-16-10/h1-6,14,17H,7-8H2. The Balaban J connectivity index is 1.88. The van der Waals surface area contributed by atoms with Gasteiger partial charge < -0.3 is 10.4 Å². The molecule has 0 aliphatic rings. The van der Waals surface area contributed by atoms with Gasteiger partial charge in [-0.2, -0.15) is 10.2 Å². The van der Waals surface area contributed by atoms with Gasteiger partial charge in [0.25, 0.3) is 0 Å². The molecule has 0 unspecified atom stereocenters. The summed E-state index contributed by atoms with van der Waals surface area (Å²) in [5.41, 5.74) is 1.59. The van der Waals surface area contributed by atoms with Gasteiger partial charge in [-0.1, -0.05) is 6.07 Å². The van der Waals surface area contributed by atoms with E-state index in [1.54, 1.807) is 12.3 Å². The minimum absolute atomic E-state index is 0.331. The largest absolute Gasteiger partial charge is 0.505 e. The molecule has 0 aliphatic heterocycles. The summed E-state index contributed by atoms with van der Waals surface area (Å²) in [4.78, 5) is 0. The first-order valence-electron chi connectivity index (χ1n) is 5.20. The van der Waals surface area contributed by atoms with Gasteiger partial charge in [0.1, 0.15) is 0 Å². The molecule has 1 aromatic carbocycles. The number of aromatic hydroxyl groups is 1. The van der Waals surface area contributed by atoms with E-state index in [9.17, 15) is 4.39 Å². The van der Waals surface area contributed by atoms with Crippen LogP contribution < -0.4 is 5.32 Å². The molecule has 17 heavy (non-hydrogen) atoms. The molecule has 2 N–H and O–H groups in total. The fourth-order valence-electron chi connectivity index (χ4n) is 1.42. The normalized spacial score (nSPS) is 10.4. The molecule has 4 nitrogen and oxygen atoms in total. The van der Waals surface area contributed by atoms with Crippen molar-refractivity contribution in [3.63, 3.8) is 0 Å². The SMILES string of the molecule is Oc1ccc(CNCc2cccnn2)cc1F. The van der Waals surface area contributed by atoms with E-state index in [1.807, 2.05) is 12.1 Å². The van der Waals surface area contributed by atoms with Crippen molar-refractivity contribution in [1.82, 2.24) is 15.5 Å². The molecule has 0 atom stereocenters. The Morgan fingerprint density at radius 1 is 1.24 bits per heavy atom. The van der Waals surface area contributed by atoms with Crippen LogP contribution >= 0.6 is 0 Å². The Kier molecular flexibility index (Phi) is 3.62. The fraction of sp³-hybridized carbons (Fsp3) is 0.167. The number of halogens is 1. The minimum atomic E-state index is -0.608. The first kappa shape index (κ1) is 11.5. The number of rotatable bonds is 4. The molecule has 1 heterocycles. The topological polar surface area (TPSA) is 58.0 Å². The predicted octanol–water partition coefficient (Wildman–Crippen LogP) is 1.61. The number of aromatic nitrogens is 2. The van der Waals surface area contributed by atoms with Crippen LogP contribution in [0.25, 0.3) is 0 Å². The number of hydrogen-bond acceptors (Lipinski definition) is 4. The average Bonchev–Trinajstić information content (AvgIpc) is 2.35. The van der Waals surface area contributed by atoms with Crippen LogP contribution in [0.3, 0.4) is 0 Å². The van der Waals surface area contributed by atoms with Gasteiger partial charge in [0.2, 0.25) is 0 Å². The van der Waals surface area contributed by atoms with E-state index in [4.69, 9.17) is 5.11 Å². The molecule has 0 saturated carbocycles. The lowest BCUT2D eigenvalue weighted by Crippen LogP contribution is -2.14. The number of phenols is 1. The molecule has 2 rings (SSSR count). The second kappa shape index (κ2) is 5.36. The fourth-order valence-corrected chi connectivity index (χ4v) is 1.42. The van der Waals surface area contributed by atoms with Crippen LogP contribution in [0.1, 0.15) is 11.3 Å². The number of hydrogen-bond donors (Lipinski definition) is 2. The van der Waals surface area contributed by atoms with Crippen LogP contribution in [-0.4, -0.2) is 15.3 Å². The summed E-state index contributed by atoms with van der Waals surface area (Å²) in [5.74, 6) is -0.938. The highest BCUT2D eigenvalue weighted by Crippen LogP contribution is 2.15. The van der Waals surface area contributed by atoms with Crippen molar-refractivity contribution in [1.29, 1.82) is 0 Å². The first-order valence-corrected chi connectivity index (χ1v) is 5.20. The zero-order valence-corrected chi connectivity index (χ0v) is 9.10. The number of nitrogens with zero attached hydrogens (tertiary/aromatic N) is 2. The molecule has 0 saturated heterocycles. The summed E-state index contributed by atoms with van der Waals surface area (Å²) < 4.78 is 13.0. The van der Waals surface area contributed by atoms with Crippen LogP contribution in [-0.2, 0) is 13.1 Å². The Morgan fingerprint density at radius 3 is 2.82 bits per heavy atom. The molecule has 0 amide bonds. The van der Waals surface area contributed by atoms with Gasteiger partial charge in [0, 0.05) is 19.3 Å². The van der Waals surface area contributed by atoms with Crippen molar-refractivity contribution in [2.24, 2.45) is 0 Å². The highest BCUT2D eigenvalue weighted by molar-refractivity contribution is 5.27. The molecule has 0 aliphatic carbocycles. The molecule has 2 aromatic rings. The Morgan fingerprint density at radius 2 is 2.12 bits per heavy atom. The molecule has 0 bridgehead atoms. The zero-order valence-electron chi connectivity index (χ0n) is 9.10. The van der Waals surface area contributed by atoms with E-state index in [0.29, 0.717) is 13.1 Å². The van der Waals surface area contributed by atoms with Crippen LogP contribution in [0.4, 0.5) is 4.39 Å². The summed E-state index contributed by atoms with van der Waals surface area (Å²) in [7, 11) is 0. The van der Waals surface area contributed by atoms with E-state index in [-0.39, 0.29) is 5.75 Å². The van der Waals surface area contributed by atoms with Crippen LogP contribution in [0.2, 0.25) is 0 Å². The van der Waals surface area contributed by atoms with Crippen molar-refractivity contribution >= 4 is 0 Å². The van der Waals surface area contributed by atoms with Crippen LogP contribution in [0, 0.1) is 5.82 Å². The molecule has 0 radical (unpaired) electrons. The third-order valence-electron chi connectivity index (χ3n) is 2.27. The maximum absolute atomic E-state index is 13.0. The summed E-state index contributed by atoms with van der Waals surface area (Å²) in [5, 5.41) is 19.8. The van der Waals surface area contributed by atoms with Gasteiger partial charge in [-0.25, -0.2) is 4.39 Å². The summed E-state index contributed by atoms with van der Waals surface area (Å²) in [6, 6.07) is 7.98. The third-order valence-corrected chi connectivity index (χ3v) is 2.27. The number of phenolic OH excluding ortho intramolecular Hbond substituents is 1. The third kappa shape index (κ3) is 3.22. The van der Waals surface area contributed by atoms with Crippen molar-refractivity contribution in [2.75, 3.05) is 0 Å². The predicted molar refractivity (Wildman–Crippen MR) is 60.6 cm³/mol. The lowest BCUT2D eigenvalue weighted by atomic mass is 10.2. The minimum Gasteiger partial charge on any atom is -0.505 e. The van der Waals surface area contributed by atoms with E-state index in [2.05, 4.69) is 15.5 Å². The van der Waals surface area contributed by atoms with Crippen molar-refractivity contribution < 1.29 is 9.50 Å². The quantitative estimate of drug-likeness (QED) is 0.842. The van der Waals surface area contributed by atoms with E-state index in [1.165, 1.54) is 12.1 Å². The highest BCUT2D eigenvalue weighted by Gasteiger charge is 2.01. The van der Waals surface area contributed by atoms with Gasteiger partial charge in [-0.05, 0) is 29.8 Å². The highest BCUT2D eigenvalue weighted by atomic mass is 19.1. The first-order chi connectivity index (χ1) is 8.25. The van der Waals surface area contributed by atoms with E-state index in [0.717, 1.165) is 11.3 Å². The van der Waals surface area contributed by atoms with Crippen molar-refractivity contribution in [3.05, 3.63) is 53.6 Å². The van der Waals surface area contributed by atoms with Gasteiger partial charge in [0.05, 0.1) is 5.69 Å². The molecule has 1 aromatic heterocycles. The van der Waals surface area contributed by atoms with E-state index < -0.39 is 5.82 Å². The van der Waals surface area contributed by atoms with Crippen LogP contribution in [0.5, 0.6) is 5.75 Å². The van der Waals surface area contributed by atoms with Crippen LogP contribution in [0.15, 0.2) is 36.5 Å². The molecule has 0 spiro atoms. The molecular weight excluding hydrogens is 221 g/mol. The molecular formula is C12H12FN3O. The summed E-state index contributed by atoms with van der Waals surface area (Å²) >= 11 is 0. The molecule has 0 fully saturated rings. The summed E-state index contributed by atoms with van der Waals surface area (Å²) in [6.07, 6.45) is 1.61. The van der Waals surface area contributed by atoms with Crippen molar-refractivity contribution in [3.8, 4) is 5.75 Å². The molecule has 88 valence electrons. The van der Waals surface area contributed by atoms with Gasteiger partial charge in [-0.3, -0.25) is 0 Å². The maximum atomic E-state index is 13.0. The molecule has 5 heteroatoms. The maximum Gasteiger partial charge on any atom is 0.165 e. The number of benzene rings is 1. The van der Waals surface area contributed by atoms with Crippen molar-refractivity contribution in [2.45, 2.75) is 13.1 Å².